The second kappa shape index (κ2) is 10.4. The van der Waals surface area contributed by atoms with E-state index in [1.165, 1.54) is 43.5 Å². The van der Waals surface area contributed by atoms with Crippen molar-refractivity contribution in [3.63, 3.8) is 0 Å². The molecule has 0 aromatic heterocycles. The van der Waals surface area contributed by atoms with Gasteiger partial charge in [-0.1, -0.05) is 30.3 Å². The smallest absolute Gasteiger partial charge is 0.387 e. The number of benzene rings is 4. The van der Waals surface area contributed by atoms with Crippen LogP contribution >= 0.6 is 0 Å². The predicted octanol–water partition coefficient (Wildman–Crippen LogP) is 7.60. The molecular formula is C27H20F6O2. The second-order valence-corrected chi connectivity index (χ2v) is 7.99. The number of aryl methyl sites for hydroxylation is 2. The molecule has 2 nitrogen and oxygen atoms in total. The van der Waals surface area contributed by atoms with Gasteiger partial charge in [0.2, 0.25) is 0 Å². The van der Waals surface area contributed by atoms with E-state index in [0.717, 1.165) is 12.1 Å². The van der Waals surface area contributed by atoms with E-state index in [9.17, 15) is 22.0 Å². The maximum absolute atomic E-state index is 15.1. The Morgan fingerprint density at radius 1 is 0.743 bits per heavy atom. The Kier molecular flexibility index (Phi) is 7.31. The van der Waals surface area contributed by atoms with E-state index in [4.69, 9.17) is 4.74 Å². The van der Waals surface area contributed by atoms with Crippen LogP contribution in [0.1, 0.15) is 16.7 Å². The van der Waals surface area contributed by atoms with E-state index < -0.39 is 35.6 Å². The third-order valence-corrected chi connectivity index (χ3v) is 5.63. The summed E-state index contributed by atoms with van der Waals surface area (Å²) >= 11 is 0. The maximum Gasteiger partial charge on any atom is 0.387 e. The molecule has 4 rings (SSSR count). The molecule has 0 unspecified atom stereocenters. The highest BCUT2D eigenvalue weighted by atomic mass is 19.3. The molecule has 4 aromatic rings. The Morgan fingerprint density at radius 2 is 1.46 bits per heavy atom. The van der Waals surface area contributed by atoms with Crippen LogP contribution in [-0.2, 0) is 24.2 Å². The molecule has 0 radical (unpaired) electrons. The molecule has 0 heterocycles. The maximum atomic E-state index is 15.1. The predicted molar refractivity (Wildman–Crippen MR) is 120 cm³/mol. The molecule has 8 heteroatoms. The van der Waals surface area contributed by atoms with Crippen molar-refractivity contribution >= 4 is 10.8 Å². The van der Waals surface area contributed by atoms with Crippen molar-refractivity contribution < 1.29 is 35.8 Å². The number of methoxy groups -OCH3 is 1. The second-order valence-electron chi connectivity index (χ2n) is 7.99. The fraction of sp³-hybridized carbons (Fsp3) is 0.185. The molecule has 0 saturated heterocycles. The standard InChI is InChI=1S/C27H20F6O2/c1-34-14-16-11-22(29)25(23(30)12-16)19-7-8-20-18(13-19)6-5-17(26(20)31)4-2-15-3-9-24(21(28)10-15)35-27(32)33/h3,5-13,27H,2,4,14H2,1H3. The van der Waals surface area contributed by atoms with Gasteiger partial charge < -0.3 is 9.47 Å². The highest BCUT2D eigenvalue weighted by Crippen LogP contribution is 2.32. The first-order valence-corrected chi connectivity index (χ1v) is 10.7. The number of fused-ring (bicyclic) bond motifs is 1. The summed E-state index contributed by atoms with van der Waals surface area (Å²) in [4.78, 5) is 0. The van der Waals surface area contributed by atoms with Crippen LogP contribution in [0, 0.1) is 23.3 Å². The summed E-state index contributed by atoms with van der Waals surface area (Å²) in [6.45, 7) is -3.06. The fourth-order valence-electron chi connectivity index (χ4n) is 4.01. The highest BCUT2D eigenvalue weighted by Gasteiger charge is 2.16. The molecule has 0 bridgehead atoms. The van der Waals surface area contributed by atoms with Crippen LogP contribution in [0.5, 0.6) is 5.75 Å². The van der Waals surface area contributed by atoms with Crippen molar-refractivity contribution in [2.24, 2.45) is 0 Å². The summed E-state index contributed by atoms with van der Waals surface area (Å²) < 4.78 is 91.8. The van der Waals surface area contributed by atoms with Gasteiger partial charge in [-0.05, 0) is 70.8 Å². The lowest BCUT2D eigenvalue weighted by atomic mass is 9.96. The van der Waals surface area contributed by atoms with Gasteiger partial charge in [0, 0.05) is 12.5 Å². The summed E-state index contributed by atoms with van der Waals surface area (Å²) in [5.74, 6) is -3.47. The molecule has 0 spiro atoms. The van der Waals surface area contributed by atoms with Crippen molar-refractivity contribution in [3.05, 3.63) is 101 Å². The van der Waals surface area contributed by atoms with Crippen molar-refractivity contribution in [1.82, 2.24) is 0 Å². The topological polar surface area (TPSA) is 18.5 Å². The molecule has 0 amide bonds. The largest absolute Gasteiger partial charge is 0.432 e. The molecule has 0 saturated carbocycles. The van der Waals surface area contributed by atoms with Gasteiger partial charge in [-0.3, -0.25) is 0 Å². The summed E-state index contributed by atoms with van der Waals surface area (Å²) in [7, 11) is 1.43. The van der Waals surface area contributed by atoms with Crippen LogP contribution in [0.4, 0.5) is 26.3 Å². The van der Waals surface area contributed by atoms with E-state index in [0.29, 0.717) is 22.1 Å². The lowest BCUT2D eigenvalue weighted by Crippen LogP contribution is -2.04. The van der Waals surface area contributed by atoms with Gasteiger partial charge in [0.25, 0.3) is 0 Å². The summed E-state index contributed by atoms with van der Waals surface area (Å²) in [5.41, 5.74) is 1.27. The van der Waals surface area contributed by atoms with Gasteiger partial charge in [0.05, 0.1) is 12.2 Å². The fourth-order valence-corrected chi connectivity index (χ4v) is 4.01. The Hall–Kier alpha value is -3.52. The normalized spacial score (nSPS) is 11.4. The molecule has 0 fully saturated rings. The molecule has 182 valence electrons. The first-order chi connectivity index (χ1) is 16.8. The van der Waals surface area contributed by atoms with Gasteiger partial charge in [-0.25, -0.2) is 17.6 Å². The van der Waals surface area contributed by atoms with Crippen molar-refractivity contribution in [2.75, 3.05) is 7.11 Å². The van der Waals surface area contributed by atoms with Gasteiger partial charge in [0.15, 0.2) is 11.6 Å². The minimum atomic E-state index is -3.13. The first kappa shape index (κ1) is 24.6. The molecule has 0 atom stereocenters. The lowest BCUT2D eigenvalue weighted by molar-refractivity contribution is -0.0522. The Morgan fingerprint density at radius 3 is 2.11 bits per heavy atom. The van der Waals surface area contributed by atoms with E-state index in [1.807, 2.05) is 0 Å². The van der Waals surface area contributed by atoms with Crippen molar-refractivity contribution in [1.29, 1.82) is 0 Å². The van der Waals surface area contributed by atoms with E-state index in [1.54, 1.807) is 12.1 Å². The molecule has 0 N–H and O–H groups in total. The molecule has 0 aliphatic rings. The lowest BCUT2D eigenvalue weighted by Gasteiger charge is -2.11. The number of halogens is 6. The Labute approximate surface area is 197 Å². The average Bonchev–Trinajstić information content (AvgIpc) is 2.80. The third-order valence-electron chi connectivity index (χ3n) is 5.63. The summed E-state index contributed by atoms with van der Waals surface area (Å²) in [5, 5.41) is 0.734. The van der Waals surface area contributed by atoms with Crippen LogP contribution in [0.25, 0.3) is 21.9 Å². The Bertz CT molecular complexity index is 1350. The van der Waals surface area contributed by atoms with Gasteiger partial charge in [-0.2, -0.15) is 8.78 Å². The SMILES string of the molecule is COCc1cc(F)c(-c2ccc3c(F)c(CCc4ccc(OC(F)F)c(F)c4)ccc3c2)c(F)c1. The van der Waals surface area contributed by atoms with Gasteiger partial charge >= 0.3 is 6.61 Å². The summed E-state index contributed by atoms with van der Waals surface area (Å²) in [6.07, 6.45) is 0.485. The van der Waals surface area contributed by atoms with E-state index >= 15 is 4.39 Å². The van der Waals surface area contributed by atoms with Crippen molar-refractivity contribution in [3.8, 4) is 16.9 Å². The zero-order valence-corrected chi connectivity index (χ0v) is 18.6. The van der Waals surface area contributed by atoms with E-state index in [2.05, 4.69) is 4.74 Å². The zero-order chi connectivity index (χ0) is 25.1. The van der Waals surface area contributed by atoms with Gasteiger partial charge in [0.1, 0.15) is 17.5 Å². The van der Waals surface area contributed by atoms with Gasteiger partial charge in [-0.15, -0.1) is 0 Å². The number of rotatable bonds is 8. The van der Waals surface area contributed by atoms with E-state index in [-0.39, 0.29) is 36.0 Å². The Balaban J connectivity index is 1.57. The first-order valence-electron chi connectivity index (χ1n) is 10.7. The quantitative estimate of drug-likeness (QED) is 0.237. The highest BCUT2D eigenvalue weighted by molar-refractivity contribution is 5.88. The third kappa shape index (κ3) is 5.43. The molecular weight excluding hydrogens is 470 g/mol. The van der Waals surface area contributed by atoms with Crippen molar-refractivity contribution in [2.45, 2.75) is 26.1 Å². The molecule has 0 aliphatic carbocycles. The number of ether oxygens (including phenoxy) is 2. The molecule has 0 aliphatic heterocycles. The van der Waals surface area contributed by atoms with Crippen LogP contribution in [0.15, 0.2) is 60.7 Å². The van der Waals surface area contributed by atoms with Crippen LogP contribution in [0.2, 0.25) is 0 Å². The summed E-state index contributed by atoms with van der Waals surface area (Å²) in [6, 6.07) is 13.6. The monoisotopic (exact) mass is 490 g/mol. The van der Waals surface area contributed by atoms with Crippen LogP contribution in [-0.4, -0.2) is 13.7 Å². The zero-order valence-electron chi connectivity index (χ0n) is 18.6. The minimum Gasteiger partial charge on any atom is -0.432 e. The van der Waals surface area contributed by atoms with Crippen LogP contribution < -0.4 is 4.74 Å². The average molecular weight is 490 g/mol. The number of alkyl halides is 2. The van der Waals surface area contributed by atoms with Crippen LogP contribution in [0.3, 0.4) is 0 Å². The molecule has 4 aromatic carbocycles. The number of hydrogen-bond donors (Lipinski definition) is 0. The molecule has 35 heavy (non-hydrogen) atoms. The number of hydrogen-bond acceptors (Lipinski definition) is 2. The minimum absolute atomic E-state index is 0.0695.